The van der Waals surface area contributed by atoms with E-state index in [0.29, 0.717) is 60.7 Å². The number of nitrogens with zero attached hydrogens (tertiary/aromatic N) is 8. The zero-order valence-corrected chi connectivity index (χ0v) is 40.3. The van der Waals surface area contributed by atoms with Crippen molar-refractivity contribution in [2.75, 3.05) is 67.5 Å². The van der Waals surface area contributed by atoms with E-state index in [0.717, 1.165) is 116 Å². The first kappa shape index (κ1) is 46.8. The molecule has 0 saturated carbocycles. The summed E-state index contributed by atoms with van der Waals surface area (Å²) >= 11 is 0. The molecule has 10 rings (SSSR count). The summed E-state index contributed by atoms with van der Waals surface area (Å²) in [4.78, 5) is 101. The predicted octanol–water partition coefficient (Wildman–Crippen LogP) is 5.68. The molecule has 6 aliphatic heterocycles. The van der Waals surface area contributed by atoms with Crippen molar-refractivity contribution >= 4 is 58.6 Å². The van der Waals surface area contributed by atoms with Crippen LogP contribution in [-0.4, -0.2) is 129 Å². The average molecular weight is 953 g/mol. The number of ether oxygens (including phenoxy) is 2. The largest absolute Gasteiger partial charge is 0.474 e. The van der Waals surface area contributed by atoms with Gasteiger partial charge < -0.3 is 29.5 Å². The number of nitrogens with one attached hydrogen (secondary N) is 2. The summed E-state index contributed by atoms with van der Waals surface area (Å²) in [6.45, 7) is 13.9. The normalized spacial score (nSPS) is 20.1. The highest BCUT2D eigenvalue weighted by molar-refractivity contribution is 6.23. The molecule has 0 aliphatic carbocycles. The van der Waals surface area contributed by atoms with Crippen LogP contribution in [-0.2, 0) is 38.5 Å². The second kappa shape index (κ2) is 19.1. The number of aromatic nitrogens is 3. The molecule has 4 aromatic rings. The van der Waals surface area contributed by atoms with E-state index in [1.807, 2.05) is 75.2 Å². The van der Waals surface area contributed by atoms with E-state index < -0.39 is 41.4 Å². The Morgan fingerprint density at radius 3 is 2.36 bits per heavy atom. The Morgan fingerprint density at radius 2 is 1.61 bits per heavy atom. The lowest BCUT2D eigenvalue weighted by Gasteiger charge is -2.38. The first-order valence-electron chi connectivity index (χ1n) is 24.6. The molecule has 6 aliphatic rings. The molecule has 1 atom stereocenters. The van der Waals surface area contributed by atoms with Gasteiger partial charge in [-0.05, 0) is 132 Å². The van der Waals surface area contributed by atoms with Gasteiger partial charge in [0.1, 0.15) is 23.9 Å². The van der Waals surface area contributed by atoms with Crippen molar-refractivity contribution in [3.05, 3.63) is 93.9 Å². The molecule has 70 heavy (non-hydrogen) atoms. The maximum absolute atomic E-state index is 13.5. The zero-order valence-electron chi connectivity index (χ0n) is 40.3. The van der Waals surface area contributed by atoms with Crippen LogP contribution in [0.5, 0.6) is 5.88 Å². The molecular weight excluding hydrogens is 893 g/mol. The number of likely N-dealkylation sites (tertiary alicyclic amines) is 2. The number of amides is 6. The van der Waals surface area contributed by atoms with E-state index in [4.69, 9.17) is 14.5 Å². The summed E-state index contributed by atoms with van der Waals surface area (Å²) in [5, 5.41) is 5.60. The van der Waals surface area contributed by atoms with Crippen molar-refractivity contribution in [3.63, 3.8) is 0 Å². The number of imide groups is 2. The van der Waals surface area contributed by atoms with Gasteiger partial charge in [-0.15, -0.1) is 0 Å². The van der Waals surface area contributed by atoms with Crippen molar-refractivity contribution in [1.29, 1.82) is 0 Å². The van der Waals surface area contributed by atoms with Gasteiger partial charge in [0.2, 0.25) is 29.5 Å². The minimum atomic E-state index is -0.973. The van der Waals surface area contributed by atoms with Crippen molar-refractivity contribution in [1.82, 2.24) is 35.0 Å². The molecule has 0 bridgehead atoms. The Labute approximate surface area is 407 Å². The fourth-order valence-electron chi connectivity index (χ4n) is 10.8. The van der Waals surface area contributed by atoms with Gasteiger partial charge in [0.05, 0.1) is 48.2 Å². The number of hydrogen-bond donors (Lipinski definition) is 2. The van der Waals surface area contributed by atoms with Crippen LogP contribution in [0.25, 0.3) is 0 Å². The number of anilines is 4. The highest BCUT2D eigenvalue weighted by Crippen LogP contribution is 2.40. The fourth-order valence-corrected chi connectivity index (χ4v) is 10.8. The zero-order chi connectivity index (χ0) is 48.8. The molecule has 0 spiro atoms. The smallest absolute Gasteiger partial charge is 0.415 e. The van der Waals surface area contributed by atoms with Crippen LogP contribution >= 0.6 is 0 Å². The topological polar surface area (TPSA) is 200 Å². The molecule has 8 heterocycles. The van der Waals surface area contributed by atoms with Crippen LogP contribution in [0.1, 0.15) is 114 Å². The average Bonchev–Trinajstić information content (AvgIpc) is 3.59. The number of pyridine rings is 1. The standard InChI is InChI=1S/C52H60N10O8/c1-31-42(28-53-47-45(31)61(23-24-69-47)51(68)70-52(2,3)4)60-22-17-36-27-54-50(56-40(36)30-60)55-37-8-5-32(6-9-37)25-44(64)59-20-13-33(14-21-59)29-58-18-15-34(16-19-58)35-7-10-38-39(26-35)49(67)62(48(38)66)41-11-12-43(63)57-46(41)65/h5-10,26-28,33-34,41H,11-25,29-30H2,1-4H3,(H,54,55,56)(H,57,63,65). The van der Waals surface area contributed by atoms with E-state index in [-0.39, 0.29) is 24.7 Å². The monoisotopic (exact) mass is 952 g/mol. The molecule has 3 fully saturated rings. The molecule has 18 heteroatoms. The third-order valence-electron chi connectivity index (χ3n) is 14.5. The van der Waals surface area contributed by atoms with Gasteiger partial charge in [-0.25, -0.2) is 19.7 Å². The van der Waals surface area contributed by atoms with Gasteiger partial charge in [-0.1, -0.05) is 18.2 Å². The summed E-state index contributed by atoms with van der Waals surface area (Å²) in [5.74, 6) is -0.143. The lowest BCUT2D eigenvalue weighted by Crippen LogP contribution is -2.54. The van der Waals surface area contributed by atoms with Crippen LogP contribution in [0.3, 0.4) is 0 Å². The van der Waals surface area contributed by atoms with Gasteiger partial charge in [-0.3, -0.25) is 39.1 Å². The first-order valence-corrected chi connectivity index (χ1v) is 24.6. The number of fused-ring (bicyclic) bond motifs is 3. The van der Waals surface area contributed by atoms with Gasteiger partial charge in [0.15, 0.2) is 0 Å². The van der Waals surface area contributed by atoms with Gasteiger partial charge in [0.25, 0.3) is 11.8 Å². The van der Waals surface area contributed by atoms with Crippen LogP contribution in [0, 0.1) is 12.8 Å². The first-order chi connectivity index (χ1) is 33.7. The number of carbonyl (C=O) groups excluding carboxylic acids is 6. The lowest BCUT2D eigenvalue weighted by atomic mass is 9.87. The fraction of sp³-hybridized carbons (Fsp3) is 0.481. The third-order valence-corrected chi connectivity index (χ3v) is 14.5. The molecule has 1 unspecified atom stereocenters. The molecule has 2 aromatic carbocycles. The van der Waals surface area contributed by atoms with E-state index in [1.165, 1.54) is 0 Å². The molecule has 3 saturated heterocycles. The van der Waals surface area contributed by atoms with E-state index >= 15 is 0 Å². The molecular formula is C52H60N10O8. The maximum atomic E-state index is 13.5. The lowest BCUT2D eigenvalue weighted by molar-refractivity contribution is -0.136. The molecule has 6 amide bonds. The van der Waals surface area contributed by atoms with Gasteiger partial charge >= 0.3 is 6.09 Å². The summed E-state index contributed by atoms with van der Waals surface area (Å²) in [5.41, 5.74) is 7.22. The van der Waals surface area contributed by atoms with Crippen LogP contribution < -0.4 is 25.2 Å². The third kappa shape index (κ3) is 9.65. The molecule has 2 aromatic heterocycles. The molecule has 18 nitrogen and oxygen atoms in total. The predicted molar refractivity (Wildman–Crippen MR) is 259 cm³/mol. The van der Waals surface area contributed by atoms with Crippen LogP contribution in [0.4, 0.5) is 27.8 Å². The Morgan fingerprint density at radius 1 is 0.857 bits per heavy atom. The quantitative estimate of drug-likeness (QED) is 0.194. The second-order valence-electron chi connectivity index (χ2n) is 20.4. The maximum Gasteiger partial charge on any atom is 0.415 e. The SMILES string of the molecule is Cc1c(N2CCc3cnc(Nc4ccc(CC(=O)N5CCC(CN6CCC(c7ccc8c(c7)C(=O)N(C7CCC(=O)NC7=O)C8=O)CC6)CC5)cc4)nc3C2)cnc2c1N(C(=O)OC(C)(C)C)CCO2. The van der Waals surface area contributed by atoms with E-state index in [2.05, 4.69) is 30.4 Å². The summed E-state index contributed by atoms with van der Waals surface area (Å²) in [7, 11) is 0. The van der Waals surface area contributed by atoms with Gasteiger partial charge in [-0.2, -0.15) is 0 Å². The summed E-state index contributed by atoms with van der Waals surface area (Å²) < 4.78 is 11.6. The molecule has 0 radical (unpaired) electrons. The highest BCUT2D eigenvalue weighted by atomic mass is 16.6. The number of hydrogen-bond acceptors (Lipinski definition) is 14. The molecule has 366 valence electrons. The number of rotatable bonds is 9. The Kier molecular flexibility index (Phi) is 12.8. The highest BCUT2D eigenvalue weighted by Gasteiger charge is 2.45. The van der Waals surface area contributed by atoms with Crippen molar-refractivity contribution in [2.24, 2.45) is 5.92 Å². The summed E-state index contributed by atoms with van der Waals surface area (Å²) in [6.07, 6.45) is 8.37. The number of benzene rings is 2. The second-order valence-corrected chi connectivity index (χ2v) is 20.4. The van der Waals surface area contributed by atoms with Gasteiger partial charge in [0, 0.05) is 50.0 Å². The minimum Gasteiger partial charge on any atom is -0.474 e. The Bertz CT molecular complexity index is 2740. The number of carbonyl (C=O) groups is 6. The van der Waals surface area contributed by atoms with E-state index in [9.17, 15) is 28.8 Å². The minimum absolute atomic E-state index is 0.0902. The Balaban J connectivity index is 0.676. The van der Waals surface area contributed by atoms with Crippen molar-refractivity contribution in [2.45, 2.75) is 103 Å². The van der Waals surface area contributed by atoms with Crippen LogP contribution in [0.15, 0.2) is 54.9 Å². The van der Waals surface area contributed by atoms with Crippen LogP contribution in [0.2, 0.25) is 0 Å². The summed E-state index contributed by atoms with van der Waals surface area (Å²) in [6, 6.07) is 12.4. The van der Waals surface area contributed by atoms with Crippen molar-refractivity contribution < 1.29 is 38.2 Å². The Hall–Kier alpha value is -6.95. The van der Waals surface area contributed by atoms with E-state index in [1.54, 1.807) is 17.2 Å². The van der Waals surface area contributed by atoms with Crippen molar-refractivity contribution in [3.8, 4) is 5.88 Å². The molecule has 2 N–H and O–H groups in total. The number of piperidine rings is 3.